The van der Waals surface area contributed by atoms with Gasteiger partial charge in [-0.15, -0.1) is 0 Å². The van der Waals surface area contributed by atoms with Gasteiger partial charge in [0.2, 0.25) is 0 Å². The summed E-state index contributed by atoms with van der Waals surface area (Å²) in [6, 6.07) is 4.59. The molecule has 0 unspecified atom stereocenters. The first-order chi connectivity index (χ1) is 10.1. The molecule has 7 heteroatoms. The van der Waals surface area contributed by atoms with Crippen molar-refractivity contribution in [3.63, 3.8) is 0 Å². The number of nitro benzene ring substituents is 1. The molecule has 112 valence electrons. The van der Waals surface area contributed by atoms with Gasteiger partial charge in [-0.1, -0.05) is 6.92 Å². The molecule has 0 amide bonds. The maximum atomic E-state index is 12.2. The zero-order valence-corrected chi connectivity index (χ0v) is 12.1. The van der Waals surface area contributed by atoms with Crippen molar-refractivity contribution in [2.24, 2.45) is 0 Å². The summed E-state index contributed by atoms with van der Waals surface area (Å²) in [7, 11) is 1.75. The van der Waals surface area contributed by atoms with Crippen LogP contribution in [0.5, 0.6) is 0 Å². The van der Waals surface area contributed by atoms with E-state index in [2.05, 4.69) is 5.32 Å². The largest absolute Gasteiger partial charge is 0.388 e. The molecule has 21 heavy (non-hydrogen) atoms. The first-order valence-corrected chi connectivity index (χ1v) is 6.77. The number of aromatic nitrogens is 2. The van der Waals surface area contributed by atoms with Crippen LogP contribution in [0.25, 0.3) is 0 Å². The molecule has 1 N–H and O–H groups in total. The number of anilines is 1. The fourth-order valence-corrected chi connectivity index (χ4v) is 2.24. The predicted octanol–water partition coefficient (Wildman–Crippen LogP) is 2.06. The van der Waals surface area contributed by atoms with Crippen molar-refractivity contribution >= 4 is 11.4 Å². The molecule has 2 aromatic rings. The molecule has 1 aromatic heterocycles. The zero-order valence-electron chi connectivity index (χ0n) is 12.1. The molecule has 0 aliphatic rings. The smallest absolute Gasteiger partial charge is 0.328 e. The minimum Gasteiger partial charge on any atom is -0.388 e. The molecule has 0 atom stereocenters. The van der Waals surface area contributed by atoms with Gasteiger partial charge in [0.15, 0.2) is 0 Å². The summed E-state index contributed by atoms with van der Waals surface area (Å²) in [5.74, 6) is 0. The van der Waals surface area contributed by atoms with E-state index in [0.717, 1.165) is 12.1 Å². The SMILES string of the molecule is CCCn1ccn(Cc2cc([N+](=O)[O-])ccc2NC)c1=O. The topological polar surface area (TPSA) is 82.1 Å². The van der Waals surface area contributed by atoms with Crippen molar-refractivity contribution in [3.05, 3.63) is 56.8 Å². The summed E-state index contributed by atoms with van der Waals surface area (Å²) in [6.07, 6.45) is 4.32. The van der Waals surface area contributed by atoms with Crippen molar-refractivity contribution in [2.45, 2.75) is 26.4 Å². The third-order valence-electron chi connectivity index (χ3n) is 3.29. The van der Waals surface area contributed by atoms with Crippen LogP contribution in [0.3, 0.4) is 0 Å². The summed E-state index contributed by atoms with van der Waals surface area (Å²) in [5.41, 5.74) is 1.40. The van der Waals surface area contributed by atoms with Gasteiger partial charge in [-0.2, -0.15) is 0 Å². The molecule has 0 radical (unpaired) electrons. The average molecular weight is 290 g/mol. The molecule has 0 aliphatic carbocycles. The molecule has 2 rings (SSSR count). The predicted molar refractivity (Wildman–Crippen MR) is 80.7 cm³/mol. The molecule has 1 heterocycles. The highest BCUT2D eigenvalue weighted by Crippen LogP contribution is 2.22. The van der Waals surface area contributed by atoms with Crippen LogP contribution in [0.4, 0.5) is 11.4 Å². The second-order valence-electron chi connectivity index (χ2n) is 4.75. The number of benzene rings is 1. The Balaban J connectivity index is 2.36. The van der Waals surface area contributed by atoms with Gasteiger partial charge in [0.05, 0.1) is 11.5 Å². The number of nitrogens with one attached hydrogen (secondary N) is 1. The van der Waals surface area contributed by atoms with E-state index in [0.29, 0.717) is 18.7 Å². The fraction of sp³-hybridized carbons (Fsp3) is 0.357. The Kier molecular flexibility index (Phi) is 4.42. The number of nitrogens with zero attached hydrogens (tertiary/aromatic N) is 3. The van der Waals surface area contributed by atoms with Crippen LogP contribution in [-0.2, 0) is 13.1 Å². The Bertz CT molecular complexity index is 702. The lowest BCUT2D eigenvalue weighted by atomic mass is 10.1. The third kappa shape index (κ3) is 3.13. The van der Waals surface area contributed by atoms with Gasteiger partial charge in [0.25, 0.3) is 5.69 Å². The van der Waals surface area contributed by atoms with E-state index in [-0.39, 0.29) is 11.4 Å². The summed E-state index contributed by atoms with van der Waals surface area (Å²) in [6.45, 7) is 2.97. The van der Waals surface area contributed by atoms with Crippen molar-refractivity contribution in [3.8, 4) is 0 Å². The number of nitro groups is 1. The first kappa shape index (κ1) is 14.8. The fourth-order valence-electron chi connectivity index (χ4n) is 2.24. The lowest BCUT2D eigenvalue weighted by molar-refractivity contribution is -0.384. The Hall–Kier alpha value is -2.57. The van der Waals surface area contributed by atoms with E-state index in [4.69, 9.17) is 0 Å². The van der Waals surface area contributed by atoms with E-state index >= 15 is 0 Å². The molecule has 0 fully saturated rings. The van der Waals surface area contributed by atoms with Gasteiger partial charge in [-0.05, 0) is 12.5 Å². The maximum absolute atomic E-state index is 12.2. The molecule has 1 aromatic carbocycles. The second kappa shape index (κ2) is 6.25. The van der Waals surface area contributed by atoms with Crippen LogP contribution in [-0.4, -0.2) is 21.1 Å². The highest BCUT2D eigenvalue weighted by molar-refractivity contribution is 5.55. The highest BCUT2D eigenvalue weighted by Gasteiger charge is 2.12. The molecule has 0 spiro atoms. The van der Waals surface area contributed by atoms with Crippen molar-refractivity contribution in [2.75, 3.05) is 12.4 Å². The van der Waals surface area contributed by atoms with Crippen molar-refractivity contribution < 1.29 is 4.92 Å². The van der Waals surface area contributed by atoms with Gasteiger partial charge in [0.1, 0.15) is 0 Å². The van der Waals surface area contributed by atoms with Gasteiger partial charge in [-0.3, -0.25) is 19.2 Å². The quantitative estimate of drug-likeness (QED) is 0.652. The van der Waals surface area contributed by atoms with E-state index in [1.165, 1.54) is 12.1 Å². The summed E-state index contributed by atoms with van der Waals surface area (Å²) in [5, 5.41) is 13.9. The number of imidazole rings is 1. The average Bonchev–Trinajstić information content (AvgIpc) is 2.80. The molecule has 0 aliphatic heterocycles. The summed E-state index contributed by atoms with van der Waals surface area (Å²) >= 11 is 0. The Labute approximate surface area is 122 Å². The first-order valence-electron chi connectivity index (χ1n) is 6.77. The van der Waals surface area contributed by atoms with E-state index in [9.17, 15) is 14.9 Å². The molecule has 0 saturated carbocycles. The number of hydrogen-bond acceptors (Lipinski definition) is 4. The minimum absolute atomic E-state index is 0.0186. The number of non-ortho nitro benzene ring substituents is 1. The molecule has 7 nitrogen and oxygen atoms in total. The van der Waals surface area contributed by atoms with Crippen molar-refractivity contribution in [1.29, 1.82) is 0 Å². The van der Waals surface area contributed by atoms with Crippen LogP contribution in [0.1, 0.15) is 18.9 Å². The van der Waals surface area contributed by atoms with E-state index < -0.39 is 4.92 Å². The molecule has 0 saturated heterocycles. The Morgan fingerprint density at radius 3 is 2.62 bits per heavy atom. The van der Waals surface area contributed by atoms with Crippen LogP contribution < -0.4 is 11.0 Å². The number of aryl methyl sites for hydroxylation is 1. The van der Waals surface area contributed by atoms with Crippen LogP contribution in [0.2, 0.25) is 0 Å². The van der Waals surface area contributed by atoms with Crippen LogP contribution in [0, 0.1) is 10.1 Å². The van der Waals surface area contributed by atoms with Gasteiger partial charge in [0, 0.05) is 49.4 Å². The second-order valence-corrected chi connectivity index (χ2v) is 4.75. The summed E-state index contributed by atoms with van der Waals surface area (Å²) in [4.78, 5) is 22.6. The number of rotatable bonds is 6. The van der Waals surface area contributed by atoms with E-state index in [1.54, 1.807) is 34.6 Å². The van der Waals surface area contributed by atoms with Gasteiger partial charge in [-0.25, -0.2) is 4.79 Å². The van der Waals surface area contributed by atoms with Crippen molar-refractivity contribution in [1.82, 2.24) is 9.13 Å². The lowest BCUT2D eigenvalue weighted by Gasteiger charge is -2.09. The normalized spacial score (nSPS) is 10.6. The maximum Gasteiger partial charge on any atom is 0.328 e. The highest BCUT2D eigenvalue weighted by atomic mass is 16.6. The molecular formula is C14H18N4O3. The van der Waals surface area contributed by atoms with Gasteiger partial charge >= 0.3 is 5.69 Å². The minimum atomic E-state index is -0.437. The number of hydrogen-bond donors (Lipinski definition) is 1. The summed E-state index contributed by atoms with van der Waals surface area (Å²) < 4.78 is 3.19. The third-order valence-corrected chi connectivity index (χ3v) is 3.29. The lowest BCUT2D eigenvalue weighted by Crippen LogP contribution is -2.24. The van der Waals surface area contributed by atoms with E-state index in [1.807, 2.05) is 6.92 Å². The Morgan fingerprint density at radius 1 is 1.29 bits per heavy atom. The van der Waals surface area contributed by atoms with Crippen LogP contribution in [0.15, 0.2) is 35.4 Å². The Morgan fingerprint density at radius 2 is 2.00 bits per heavy atom. The molecule has 0 bridgehead atoms. The van der Waals surface area contributed by atoms with Gasteiger partial charge < -0.3 is 5.32 Å². The standard InChI is InChI=1S/C14H18N4O3/c1-3-6-16-7-8-17(14(16)19)10-11-9-12(18(20)21)4-5-13(11)15-2/h4-5,7-9,15H,3,6,10H2,1-2H3. The van der Waals surface area contributed by atoms with Crippen LogP contribution >= 0.6 is 0 Å². The molecular weight excluding hydrogens is 272 g/mol. The monoisotopic (exact) mass is 290 g/mol. The zero-order chi connectivity index (χ0) is 15.4.